The Balaban J connectivity index is 1.71. The molecule has 0 bridgehead atoms. The quantitative estimate of drug-likeness (QED) is 0.673. The van der Waals surface area contributed by atoms with E-state index in [1.165, 1.54) is 32.5 Å². The zero-order valence-electron chi connectivity index (χ0n) is 13.6. The molecule has 1 unspecified atom stereocenters. The van der Waals surface area contributed by atoms with E-state index in [0.717, 1.165) is 38.7 Å². The van der Waals surface area contributed by atoms with Crippen molar-refractivity contribution >= 4 is 5.95 Å². The summed E-state index contributed by atoms with van der Waals surface area (Å²) in [5, 5.41) is 3.41. The highest BCUT2D eigenvalue weighted by molar-refractivity contribution is 5.25. The number of nitrogens with one attached hydrogen (secondary N) is 1. The monoisotopic (exact) mass is 294 g/mol. The van der Waals surface area contributed by atoms with Gasteiger partial charge in [-0.25, -0.2) is 4.98 Å². The van der Waals surface area contributed by atoms with E-state index in [9.17, 15) is 0 Å². The number of nitrogens with zero attached hydrogens (tertiary/aromatic N) is 3. The van der Waals surface area contributed by atoms with E-state index in [-0.39, 0.29) is 0 Å². The van der Waals surface area contributed by atoms with Crippen LogP contribution in [0.3, 0.4) is 0 Å². The second-order valence-electron chi connectivity index (χ2n) is 5.99. The van der Waals surface area contributed by atoms with Gasteiger partial charge in [-0.05, 0) is 45.2 Å². The minimum atomic E-state index is 0.654. The summed E-state index contributed by atoms with van der Waals surface area (Å²) in [7, 11) is 0. The smallest absolute Gasteiger partial charge is 0.202 e. The summed E-state index contributed by atoms with van der Waals surface area (Å²) in [4.78, 5) is 7.00. The fourth-order valence-corrected chi connectivity index (χ4v) is 2.94. The standard InChI is InChI=1S/C16H30N4O/c1-3-21-12-6-7-17-16-18-8-11-20(16)14-15(2)13-19-9-4-5-10-19/h8,11,15H,3-7,9-10,12-14H2,1-2H3,(H,17,18). The fraction of sp³-hybridized carbons (Fsp3) is 0.812. The molecule has 1 aromatic rings. The molecule has 5 nitrogen and oxygen atoms in total. The van der Waals surface area contributed by atoms with Gasteiger partial charge in [0.05, 0.1) is 0 Å². The number of aromatic nitrogens is 2. The third-order valence-corrected chi connectivity index (χ3v) is 3.95. The van der Waals surface area contributed by atoms with Crippen LogP contribution >= 0.6 is 0 Å². The molecule has 0 spiro atoms. The van der Waals surface area contributed by atoms with Gasteiger partial charge in [0.1, 0.15) is 0 Å². The Hall–Kier alpha value is -1.07. The van der Waals surface area contributed by atoms with Gasteiger partial charge in [-0.15, -0.1) is 0 Å². The van der Waals surface area contributed by atoms with Crippen molar-refractivity contribution in [3.05, 3.63) is 12.4 Å². The highest BCUT2D eigenvalue weighted by atomic mass is 16.5. The maximum absolute atomic E-state index is 5.35. The van der Waals surface area contributed by atoms with E-state index in [0.29, 0.717) is 5.92 Å². The Bertz CT molecular complexity index is 387. The summed E-state index contributed by atoms with van der Waals surface area (Å²) in [6, 6.07) is 0. The second kappa shape index (κ2) is 9.05. The van der Waals surface area contributed by atoms with Crippen molar-refractivity contribution in [3.8, 4) is 0 Å². The van der Waals surface area contributed by atoms with Crippen LogP contribution in [-0.4, -0.2) is 53.8 Å². The summed E-state index contributed by atoms with van der Waals surface area (Å²) in [6.07, 6.45) is 7.71. The van der Waals surface area contributed by atoms with Gasteiger partial charge in [-0.2, -0.15) is 0 Å². The van der Waals surface area contributed by atoms with Crippen LogP contribution in [0.4, 0.5) is 5.95 Å². The molecule has 1 N–H and O–H groups in total. The van der Waals surface area contributed by atoms with Crippen LogP contribution in [0.15, 0.2) is 12.4 Å². The minimum Gasteiger partial charge on any atom is -0.382 e. The lowest BCUT2D eigenvalue weighted by atomic mass is 10.1. The van der Waals surface area contributed by atoms with E-state index >= 15 is 0 Å². The Morgan fingerprint density at radius 1 is 1.33 bits per heavy atom. The highest BCUT2D eigenvalue weighted by Gasteiger charge is 2.15. The van der Waals surface area contributed by atoms with Gasteiger partial charge in [-0.3, -0.25) is 0 Å². The van der Waals surface area contributed by atoms with Crippen LogP contribution in [0.2, 0.25) is 0 Å². The highest BCUT2D eigenvalue weighted by Crippen LogP contribution is 2.13. The Morgan fingerprint density at radius 2 is 2.14 bits per heavy atom. The molecule has 21 heavy (non-hydrogen) atoms. The molecule has 1 saturated heterocycles. The number of ether oxygens (including phenoxy) is 1. The van der Waals surface area contributed by atoms with Crippen LogP contribution in [-0.2, 0) is 11.3 Å². The lowest BCUT2D eigenvalue weighted by Gasteiger charge is -2.21. The first-order valence-electron chi connectivity index (χ1n) is 8.34. The normalized spacial score (nSPS) is 17.2. The number of hydrogen-bond acceptors (Lipinski definition) is 4. The third-order valence-electron chi connectivity index (χ3n) is 3.95. The van der Waals surface area contributed by atoms with Gasteiger partial charge in [0, 0.05) is 45.2 Å². The summed E-state index contributed by atoms with van der Waals surface area (Å²) in [5.41, 5.74) is 0. The number of hydrogen-bond donors (Lipinski definition) is 1. The first-order chi connectivity index (χ1) is 10.3. The molecular formula is C16H30N4O. The van der Waals surface area contributed by atoms with Crippen molar-refractivity contribution in [2.75, 3.05) is 44.7 Å². The predicted molar refractivity (Wildman–Crippen MR) is 86.7 cm³/mol. The van der Waals surface area contributed by atoms with Gasteiger partial charge in [0.25, 0.3) is 0 Å². The molecule has 1 aromatic heterocycles. The zero-order valence-corrected chi connectivity index (χ0v) is 13.6. The van der Waals surface area contributed by atoms with E-state index in [1.807, 2.05) is 13.1 Å². The predicted octanol–water partition coefficient (Wildman–Crippen LogP) is 2.45. The summed E-state index contributed by atoms with van der Waals surface area (Å²) in [6.45, 7) is 11.7. The van der Waals surface area contributed by atoms with Gasteiger partial charge in [-0.1, -0.05) is 6.92 Å². The maximum Gasteiger partial charge on any atom is 0.202 e. The molecule has 0 amide bonds. The lowest BCUT2D eigenvalue weighted by molar-refractivity contribution is 0.147. The zero-order chi connectivity index (χ0) is 14.9. The van der Waals surface area contributed by atoms with Crippen LogP contribution in [0.5, 0.6) is 0 Å². The minimum absolute atomic E-state index is 0.654. The van der Waals surface area contributed by atoms with E-state index in [2.05, 4.69) is 32.9 Å². The van der Waals surface area contributed by atoms with Gasteiger partial charge in [0.15, 0.2) is 0 Å². The summed E-state index contributed by atoms with van der Waals surface area (Å²) >= 11 is 0. The Morgan fingerprint density at radius 3 is 2.90 bits per heavy atom. The van der Waals surface area contributed by atoms with E-state index in [4.69, 9.17) is 4.74 Å². The molecule has 1 fully saturated rings. The van der Waals surface area contributed by atoms with Crippen molar-refractivity contribution in [2.24, 2.45) is 5.92 Å². The molecule has 0 aromatic carbocycles. The SMILES string of the molecule is CCOCCCNc1nccn1CC(C)CN1CCCC1. The Kier molecular flexibility index (Phi) is 7.03. The second-order valence-corrected chi connectivity index (χ2v) is 5.99. The van der Waals surface area contributed by atoms with Crippen molar-refractivity contribution in [3.63, 3.8) is 0 Å². The van der Waals surface area contributed by atoms with Gasteiger partial charge < -0.3 is 19.5 Å². The van der Waals surface area contributed by atoms with Crippen LogP contribution in [0, 0.1) is 5.92 Å². The van der Waals surface area contributed by atoms with Crippen LogP contribution < -0.4 is 5.32 Å². The average Bonchev–Trinajstić information content (AvgIpc) is 3.11. The average molecular weight is 294 g/mol. The summed E-state index contributed by atoms with van der Waals surface area (Å²) in [5.74, 6) is 1.64. The molecule has 1 aliphatic heterocycles. The maximum atomic E-state index is 5.35. The largest absolute Gasteiger partial charge is 0.382 e. The molecule has 0 radical (unpaired) electrons. The molecule has 2 rings (SSSR count). The fourth-order valence-electron chi connectivity index (χ4n) is 2.94. The van der Waals surface area contributed by atoms with Crippen molar-refractivity contribution < 1.29 is 4.74 Å². The topological polar surface area (TPSA) is 42.3 Å². The van der Waals surface area contributed by atoms with Crippen LogP contribution in [0.25, 0.3) is 0 Å². The third kappa shape index (κ3) is 5.67. The molecule has 5 heteroatoms. The van der Waals surface area contributed by atoms with Crippen molar-refractivity contribution in [1.82, 2.24) is 14.5 Å². The van der Waals surface area contributed by atoms with Gasteiger partial charge in [0.2, 0.25) is 5.95 Å². The molecule has 120 valence electrons. The van der Waals surface area contributed by atoms with E-state index < -0.39 is 0 Å². The Labute approximate surface area is 128 Å². The molecular weight excluding hydrogens is 264 g/mol. The first-order valence-corrected chi connectivity index (χ1v) is 8.34. The molecule has 0 saturated carbocycles. The number of rotatable bonds is 10. The van der Waals surface area contributed by atoms with Crippen molar-refractivity contribution in [1.29, 1.82) is 0 Å². The lowest BCUT2D eigenvalue weighted by Crippen LogP contribution is -2.27. The molecule has 1 atom stereocenters. The number of likely N-dealkylation sites (tertiary alicyclic amines) is 1. The number of imidazole rings is 1. The van der Waals surface area contributed by atoms with Gasteiger partial charge >= 0.3 is 0 Å². The molecule has 2 heterocycles. The summed E-state index contributed by atoms with van der Waals surface area (Å²) < 4.78 is 7.59. The molecule has 1 aliphatic rings. The van der Waals surface area contributed by atoms with E-state index in [1.54, 1.807) is 0 Å². The first kappa shape index (κ1) is 16.3. The van der Waals surface area contributed by atoms with Crippen molar-refractivity contribution in [2.45, 2.75) is 39.7 Å². The van der Waals surface area contributed by atoms with Crippen LogP contribution in [0.1, 0.15) is 33.1 Å². The molecule has 0 aliphatic carbocycles. The number of anilines is 1.